The van der Waals surface area contributed by atoms with E-state index in [1.165, 1.54) is 89.9 Å². The second kappa shape index (κ2) is 13.0. The van der Waals surface area contributed by atoms with Crippen molar-refractivity contribution in [3.8, 4) is 0 Å². The molecule has 0 aliphatic carbocycles. The van der Waals surface area contributed by atoms with Crippen LogP contribution < -0.4 is 0 Å². The van der Waals surface area contributed by atoms with Gasteiger partial charge in [-0.15, -0.1) is 0 Å². The van der Waals surface area contributed by atoms with Crippen LogP contribution in [-0.4, -0.2) is 0 Å². The molecule has 0 radical (unpaired) electrons. The van der Waals surface area contributed by atoms with Crippen molar-refractivity contribution < 1.29 is 0 Å². The molecule has 0 N–H and O–H groups in total. The highest BCUT2D eigenvalue weighted by atomic mass is 14.3. The third kappa shape index (κ3) is 9.52. The van der Waals surface area contributed by atoms with Gasteiger partial charge in [0.2, 0.25) is 0 Å². The molecule has 0 aromatic rings. The van der Waals surface area contributed by atoms with E-state index in [9.17, 15) is 0 Å². The van der Waals surface area contributed by atoms with Gasteiger partial charge in [0, 0.05) is 0 Å². The van der Waals surface area contributed by atoms with E-state index in [-0.39, 0.29) is 0 Å². The Bertz CT molecular complexity index is 173. The Labute approximate surface area is 123 Å². The summed E-state index contributed by atoms with van der Waals surface area (Å²) in [6.45, 7) is 9.37. The van der Waals surface area contributed by atoms with Crippen LogP contribution in [0.25, 0.3) is 0 Å². The molecule has 0 aliphatic heterocycles. The molecule has 0 aliphatic rings. The number of hydrogen-bond donors (Lipinski definition) is 0. The van der Waals surface area contributed by atoms with E-state index in [0.717, 1.165) is 0 Å². The summed E-state index contributed by atoms with van der Waals surface area (Å²) in [4.78, 5) is 0. The van der Waals surface area contributed by atoms with Crippen LogP contribution in [-0.2, 0) is 0 Å². The summed E-state index contributed by atoms with van der Waals surface area (Å²) in [7, 11) is 0. The highest BCUT2D eigenvalue weighted by Crippen LogP contribution is 2.41. The van der Waals surface area contributed by atoms with Crippen molar-refractivity contribution in [2.75, 3.05) is 0 Å². The van der Waals surface area contributed by atoms with Crippen molar-refractivity contribution in [1.29, 1.82) is 0 Å². The summed E-state index contributed by atoms with van der Waals surface area (Å²) >= 11 is 0. The maximum absolute atomic E-state index is 2.38. The summed E-state index contributed by atoms with van der Waals surface area (Å²) in [5.41, 5.74) is 0.702. The zero-order valence-electron chi connectivity index (χ0n) is 14.4. The molecule has 0 heteroatoms. The van der Waals surface area contributed by atoms with Gasteiger partial charge in [-0.1, -0.05) is 91.9 Å². The third-order valence-corrected chi connectivity index (χ3v) is 4.71. The van der Waals surface area contributed by atoms with Crippen LogP contribution in [0.4, 0.5) is 0 Å². The molecule has 19 heavy (non-hydrogen) atoms. The normalized spacial score (nSPS) is 14.5. The molecule has 0 saturated heterocycles. The van der Waals surface area contributed by atoms with E-state index in [1.54, 1.807) is 0 Å². The maximum atomic E-state index is 2.38. The monoisotopic (exact) mass is 268 g/mol. The predicted molar refractivity (Wildman–Crippen MR) is 89.8 cm³/mol. The van der Waals surface area contributed by atoms with Crippen LogP contribution in [0.3, 0.4) is 0 Å². The standard InChI is InChI=1S/C19H40/c1-5-9-12-14-18-19(15-8-4,16-11-7-3)17-13-10-6-2/h5-18H2,1-4H3. The van der Waals surface area contributed by atoms with E-state index in [0.29, 0.717) is 5.41 Å². The first-order valence-electron chi connectivity index (χ1n) is 9.24. The van der Waals surface area contributed by atoms with Crippen molar-refractivity contribution in [2.45, 2.75) is 118 Å². The predicted octanol–water partition coefficient (Wildman–Crippen LogP) is 7.51. The Morgan fingerprint density at radius 2 is 0.895 bits per heavy atom. The van der Waals surface area contributed by atoms with E-state index < -0.39 is 0 Å². The van der Waals surface area contributed by atoms with E-state index >= 15 is 0 Å². The lowest BCUT2D eigenvalue weighted by Gasteiger charge is -2.34. The number of unbranched alkanes of at least 4 members (excludes halogenated alkanes) is 6. The van der Waals surface area contributed by atoms with Crippen molar-refractivity contribution in [1.82, 2.24) is 0 Å². The molecular formula is C19H40. The van der Waals surface area contributed by atoms with Gasteiger partial charge in [0.15, 0.2) is 0 Å². The van der Waals surface area contributed by atoms with Gasteiger partial charge < -0.3 is 0 Å². The largest absolute Gasteiger partial charge is 0.0654 e. The molecule has 0 aromatic heterocycles. The summed E-state index contributed by atoms with van der Waals surface area (Å²) in [5.74, 6) is 0. The van der Waals surface area contributed by atoms with Crippen LogP contribution in [0.2, 0.25) is 0 Å². The third-order valence-electron chi connectivity index (χ3n) is 4.71. The number of rotatable bonds is 14. The minimum atomic E-state index is 0.702. The summed E-state index contributed by atoms with van der Waals surface area (Å²) < 4.78 is 0. The molecule has 0 nitrogen and oxygen atoms in total. The van der Waals surface area contributed by atoms with Crippen LogP contribution in [0, 0.1) is 5.41 Å². The van der Waals surface area contributed by atoms with Gasteiger partial charge in [-0.05, 0) is 31.1 Å². The summed E-state index contributed by atoms with van der Waals surface area (Å²) in [6.07, 6.45) is 20.2. The molecule has 1 atom stereocenters. The Morgan fingerprint density at radius 3 is 1.42 bits per heavy atom. The van der Waals surface area contributed by atoms with Crippen LogP contribution in [0.5, 0.6) is 0 Å². The lowest BCUT2D eigenvalue weighted by Crippen LogP contribution is -2.21. The first kappa shape index (κ1) is 19.0. The first-order chi connectivity index (χ1) is 9.24. The molecule has 0 rings (SSSR count). The molecule has 116 valence electrons. The van der Waals surface area contributed by atoms with Gasteiger partial charge in [0.05, 0.1) is 0 Å². The van der Waals surface area contributed by atoms with Crippen LogP contribution >= 0.6 is 0 Å². The summed E-state index contributed by atoms with van der Waals surface area (Å²) in [6, 6.07) is 0. The molecule has 0 aromatic carbocycles. The Hall–Kier alpha value is 0. The van der Waals surface area contributed by atoms with Crippen LogP contribution in [0.1, 0.15) is 118 Å². The van der Waals surface area contributed by atoms with Gasteiger partial charge in [0.1, 0.15) is 0 Å². The van der Waals surface area contributed by atoms with Gasteiger partial charge >= 0.3 is 0 Å². The van der Waals surface area contributed by atoms with Crippen molar-refractivity contribution in [3.63, 3.8) is 0 Å². The Balaban J connectivity index is 4.32. The molecule has 0 heterocycles. The lowest BCUT2D eigenvalue weighted by molar-refractivity contribution is 0.178. The van der Waals surface area contributed by atoms with Crippen molar-refractivity contribution >= 4 is 0 Å². The first-order valence-corrected chi connectivity index (χ1v) is 9.24. The second-order valence-electron chi connectivity index (χ2n) is 6.62. The average molecular weight is 269 g/mol. The summed E-state index contributed by atoms with van der Waals surface area (Å²) in [5, 5.41) is 0. The zero-order valence-corrected chi connectivity index (χ0v) is 14.4. The van der Waals surface area contributed by atoms with Crippen molar-refractivity contribution in [3.05, 3.63) is 0 Å². The molecule has 1 unspecified atom stereocenters. The van der Waals surface area contributed by atoms with E-state index in [1.807, 2.05) is 0 Å². The Kier molecular flexibility index (Phi) is 13.0. The Morgan fingerprint density at radius 1 is 0.421 bits per heavy atom. The fourth-order valence-electron chi connectivity index (χ4n) is 3.51. The molecule has 0 spiro atoms. The molecule has 0 bridgehead atoms. The molecule has 0 saturated carbocycles. The van der Waals surface area contributed by atoms with E-state index in [4.69, 9.17) is 0 Å². The van der Waals surface area contributed by atoms with E-state index in [2.05, 4.69) is 27.7 Å². The second-order valence-corrected chi connectivity index (χ2v) is 6.62. The highest BCUT2D eigenvalue weighted by Gasteiger charge is 2.27. The topological polar surface area (TPSA) is 0 Å². The van der Waals surface area contributed by atoms with Crippen LogP contribution in [0.15, 0.2) is 0 Å². The molecule has 0 fully saturated rings. The van der Waals surface area contributed by atoms with Gasteiger partial charge in [-0.2, -0.15) is 0 Å². The van der Waals surface area contributed by atoms with Gasteiger partial charge in [-0.3, -0.25) is 0 Å². The minimum Gasteiger partial charge on any atom is -0.0654 e. The molecule has 0 amide bonds. The van der Waals surface area contributed by atoms with Gasteiger partial charge in [-0.25, -0.2) is 0 Å². The zero-order chi connectivity index (χ0) is 14.4. The molecular weight excluding hydrogens is 228 g/mol. The SMILES string of the molecule is CCCCCCC(CCC)(CCCC)CCCCC. The minimum absolute atomic E-state index is 0.702. The maximum Gasteiger partial charge on any atom is -0.0298 e. The fraction of sp³-hybridized carbons (Fsp3) is 1.00. The van der Waals surface area contributed by atoms with Crippen molar-refractivity contribution in [2.24, 2.45) is 5.41 Å². The number of hydrogen-bond acceptors (Lipinski definition) is 0. The highest BCUT2D eigenvalue weighted by molar-refractivity contribution is 4.79. The average Bonchev–Trinajstić information content (AvgIpc) is 2.42. The smallest absolute Gasteiger partial charge is 0.0298 e. The fourth-order valence-corrected chi connectivity index (χ4v) is 3.51. The lowest BCUT2D eigenvalue weighted by atomic mass is 9.71. The van der Waals surface area contributed by atoms with Gasteiger partial charge in [0.25, 0.3) is 0 Å². The quantitative estimate of drug-likeness (QED) is 0.286.